The molecule has 5 heteroatoms. The molecule has 19 heavy (non-hydrogen) atoms. The Hall–Kier alpha value is -1.36. The first-order valence-electron chi connectivity index (χ1n) is 7.40. The zero-order valence-corrected chi connectivity index (χ0v) is 11.4. The van der Waals surface area contributed by atoms with Gasteiger partial charge in [-0.1, -0.05) is 0 Å². The molecule has 0 bridgehead atoms. The van der Waals surface area contributed by atoms with E-state index >= 15 is 0 Å². The summed E-state index contributed by atoms with van der Waals surface area (Å²) in [6.07, 6.45) is 8.73. The number of nitrogens with zero attached hydrogens (tertiary/aromatic N) is 3. The topological polar surface area (TPSA) is 67.1 Å². The monoisotopic (exact) mass is 261 g/mol. The minimum absolute atomic E-state index is 0.392. The van der Waals surface area contributed by atoms with Gasteiger partial charge in [0, 0.05) is 31.2 Å². The predicted molar refractivity (Wildman–Crippen MR) is 77.3 cm³/mol. The molecule has 1 saturated heterocycles. The van der Waals surface area contributed by atoms with E-state index in [4.69, 9.17) is 5.73 Å². The standard InChI is InChI=1S/C14H23N5/c15-11-3-5-12(6-4-11)18-13-9-14(17-10-16-13)19-7-1-2-8-19/h9-12H,1-8,15H2,(H,16,17,18). The van der Waals surface area contributed by atoms with Crippen LogP contribution in [0.5, 0.6) is 0 Å². The van der Waals surface area contributed by atoms with Gasteiger partial charge in [0.05, 0.1) is 0 Å². The van der Waals surface area contributed by atoms with Crippen molar-refractivity contribution in [3.05, 3.63) is 12.4 Å². The van der Waals surface area contributed by atoms with Gasteiger partial charge in [-0.15, -0.1) is 0 Å². The van der Waals surface area contributed by atoms with Gasteiger partial charge < -0.3 is 16.0 Å². The Labute approximate surface area is 114 Å². The first-order chi connectivity index (χ1) is 9.31. The van der Waals surface area contributed by atoms with E-state index < -0.39 is 0 Å². The molecule has 1 saturated carbocycles. The van der Waals surface area contributed by atoms with Crippen LogP contribution in [0.3, 0.4) is 0 Å². The predicted octanol–water partition coefficient (Wildman–Crippen LogP) is 1.76. The molecule has 2 fully saturated rings. The van der Waals surface area contributed by atoms with E-state index in [-0.39, 0.29) is 0 Å². The molecule has 0 aromatic carbocycles. The van der Waals surface area contributed by atoms with E-state index in [9.17, 15) is 0 Å². The normalized spacial score (nSPS) is 27.5. The number of nitrogens with one attached hydrogen (secondary N) is 1. The average molecular weight is 261 g/mol. The summed E-state index contributed by atoms with van der Waals surface area (Å²) >= 11 is 0. The lowest BCUT2D eigenvalue weighted by atomic mass is 9.92. The molecule has 0 unspecified atom stereocenters. The minimum Gasteiger partial charge on any atom is -0.367 e. The van der Waals surface area contributed by atoms with Gasteiger partial charge in [0.25, 0.3) is 0 Å². The van der Waals surface area contributed by atoms with Gasteiger partial charge in [-0.05, 0) is 38.5 Å². The minimum atomic E-state index is 0.392. The van der Waals surface area contributed by atoms with Crippen molar-refractivity contribution in [2.45, 2.75) is 50.6 Å². The van der Waals surface area contributed by atoms with Crippen molar-refractivity contribution in [1.29, 1.82) is 0 Å². The van der Waals surface area contributed by atoms with E-state index in [1.807, 2.05) is 0 Å². The second kappa shape index (κ2) is 5.74. The second-order valence-corrected chi connectivity index (χ2v) is 5.71. The van der Waals surface area contributed by atoms with E-state index in [2.05, 4.69) is 26.3 Å². The van der Waals surface area contributed by atoms with Crippen LogP contribution >= 0.6 is 0 Å². The van der Waals surface area contributed by atoms with Crippen molar-refractivity contribution in [1.82, 2.24) is 9.97 Å². The molecule has 5 nitrogen and oxygen atoms in total. The fourth-order valence-corrected chi connectivity index (χ4v) is 3.02. The Morgan fingerprint density at radius 3 is 2.58 bits per heavy atom. The third-order valence-corrected chi connectivity index (χ3v) is 4.21. The molecular weight excluding hydrogens is 238 g/mol. The van der Waals surface area contributed by atoms with E-state index in [1.165, 1.54) is 12.8 Å². The maximum absolute atomic E-state index is 5.94. The fourth-order valence-electron chi connectivity index (χ4n) is 3.02. The first kappa shape index (κ1) is 12.7. The highest BCUT2D eigenvalue weighted by Gasteiger charge is 2.19. The van der Waals surface area contributed by atoms with Crippen molar-refractivity contribution >= 4 is 11.6 Å². The number of hydrogen-bond acceptors (Lipinski definition) is 5. The molecule has 3 rings (SSSR count). The van der Waals surface area contributed by atoms with Crippen molar-refractivity contribution in [3.63, 3.8) is 0 Å². The van der Waals surface area contributed by atoms with Crippen LogP contribution in [0.2, 0.25) is 0 Å². The van der Waals surface area contributed by atoms with E-state index in [0.29, 0.717) is 12.1 Å². The molecule has 2 aliphatic rings. The average Bonchev–Trinajstić information content (AvgIpc) is 2.96. The Kier molecular flexibility index (Phi) is 3.82. The highest BCUT2D eigenvalue weighted by molar-refractivity contribution is 5.49. The Balaban J connectivity index is 1.62. The quantitative estimate of drug-likeness (QED) is 0.868. The summed E-state index contributed by atoms with van der Waals surface area (Å²) < 4.78 is 0. The smallest absolute Gasteiger partial charge is 0.134 e. The summed E-state index contributed by atoms with van der Waals surface area (Å²) in [5.41, 5.74) is 5.94. The molecule has 1 aromatic heterocycles. The summed E-state index contributed by atoms with van der Waals surface area (Å²) in [5.74, 6) is 2.01. The van der Waals surface area contributed by atoms with Gasteiger partial charge in [0.1, 0.15) is 18.0 Å². The third kappa shape index (κ3) is 3.15. The van der Waals surface area contributed by atoms with Gasteiger partial charge in [0.2, 0.25) is 0 Å². The largest absolute Gasteiger partial charge is 0.367 e. The molecular formula is C14H23N5. The molecule has 2 heterocycles. The maximum Gasteiger partial charge on any atom is 0.134 e. The van der Waals surface area contributed by atoms with Crippen LogP contribution < -0.4 is 16.0 Å². The van der Waals surface area contributed by atoms with Gasteiger partial charge in [-0.2, -0.15) is 0 Å². The van der Waals surface area contributed by atoms with Crippen LogP contribution in [0.4, 0.5) is 11.6 Å². The zero-order chi connectivity index (χ0) is 13.1. The van der Waals surface area contributed by atoms with Gasteiger partial charge in [-0.3, -0.25) is 0 Å². The molecule has 0 amide bonds. The van der Waals surface area contributed by atoms with Crippen molar-refractivity contribution in [2.75, 3.05) is 23.3 Å². The molecule has 0 atom stereocenters. The summed E-state index contributed by atoms with van der Waals surface area (Å²) in [6.45, 7) is 2.24. The number of rotatable bonds is 3. The van der Waals surface area contributed by atoms with E-state index in [0.717, 1.165) is 50.4 Å². The molecule has 0 spiro atoms. The van der Waals surface area contributed by atoms with E-state index in [1.54, 1.807) is 6.33 Å². The highest BCUT2D eigenvalue weighted by atomic mass is 15.2. The molecule has 1 aromatic rings. The molecule has 0 radical (unpaired) electrons. The van der Waals surface area contributed by atoms with Crippen molar-refractivity contribution in [2.24, 2.45) is 5.73 Å². The Bertz CT molecular complexity index is 408. The SMILES string of the molecule is NC1CCC(Nc2cc(N3CCCC3)ncn2)CC1. The first-order valence-corrected chi connectivity index (χ1v) is 7.40. The Morgan fingerprint density at radius 1 is 1.11 bits per heavy atom. The Morgan fingerprint density at radius 2 is 1.84 bits per heavy atom. The fraction of sp³-hybridized carbons (Fsp3) is 0.714. The lowest BCUT2D eigenvalue weighted by Gasteiger charge is -2.27. The summed E-state index contributed by atoms with van der Waals surface area (Å²) in [7, 11) is 0. The van der Waals surface area contributed by atoms with Crippen LogP contribution in [0.1, 0.15) is 38.5 Å². The van der Waals surface area contributed by atoms with Crippen LogP contribution in [-0.4, -0.2) is 35.1 Å². The van der Waals surface area contributed by atoms with Crippen LogP contribution in [0, 0.1) is 0 Å². The van der Waals surface area contributed by atoms with Crippen LogP contribution in [0.15, 0.2) is 12.4 Å². The van der Waals surface area contributed by atoms with Crippen molar-refractivity contribution in [3.8, 4) is 0 Å². The number of anilines is 2. The maximum atomic E-state index is 5.94. The zero-order valence-electron chi connectivity index (χ0n) is 11.4. The second-order valence-electron chi connectivity index (χ2n) is 5.71. The van der Waals surface area contributed by atoms with Gasteiger partial charge in [0.15, 0.2) is 0 Å². The lowest BCUT2D eigenvalue weighted by Crippen LogP contribution is -2.33. The van der Waals surface area contributed by atoms with Crippen LogP contribution in [-0.2, 0) is 0 Å². The number of nitrogens with two attached hydrogens (primary N) is 1. The lowest BCUT2D eigenvalue weighted by molar-refractivity contribution is 0.410. The molecule has 1 aliphatic heterocycles. The summed E-state index contributed by atoms with van der Waals surface area (Å²) in [6, 6.07) is 2.99. The van der Waals surface area contributed by atoms with Crippen molar-refractivity contribution < 1.29 is 0 Å². The van der Waals surface area contributed by atoms with Gasteiger partial charge in [-0.25, -0.2) is 9.97 Å². The molecule has 3 N–H and O–H groups in total. The summed E-state index contributed by atoms with van der Waals surface area (Å²) in [4.78, 5) is 11.1. The number of aromatic nitrogens is 2. The summed E-state index contributed by atoms with van der Waals surface area (Å²) in [5, 5.41) is 3.53. The number of hydrogen-bond donors (Lipinski definition) is 2. The third-order valence-electron chi connectivity index (χ3n) is 4.21. The highest BCUT2D eigenvalue weighted by Crippen LogP contribution is 2.23. The molecule has 1 aliphatic carbocycles. The molecule has 104 valence electrons. The van der Waals surface area contributed by atoms with Crippen LogP contribution in [0.25, 0.3) is 0 Å². The van der Waals surface area contributed by atoms with Gasteiger partial charge >= 0.3 is 0 Å².